The highest BCUT2D eigenvalue weighted by Gasteiger charge is 2.40. The first-order chi connectivity index (χ1) is 8.76. The summed E-state index contributed by atoms with van der Waals surface area (Å²) in [5.74, 6) is 3.08. The van der Waals surface area contributed by atoms with E-state index in [1.54, 1.807) is 0 Å². The van der Waals surface area contributed by atoms with Crippen LogP contribution in [-0.4, -0.2) is 7.05 Å². The third kappa shape index (κ3) is 2.33. The Morgan fingerprint density at radius 2 is 2.17 bits per heavy atom. The third-order valence-electron chi connectivity index (χ3n) is 5.22. The summed E-state index contributed by atoms with van der Waals surface area (Å²) in [6, 6.07) is 9.55. The molecule has 0 saturated heterocycles. The second-order valence-corrected chi connectivity index (χ2v) is 6.43. The van der Waals surface area contributed by atoms with Crippen molar-refractivity contribution in [3.63, 3.8) is 0 Å². The highest BCUT2D eigenvalue weighted by Crippen LogP contribution is 2.50. The molecule has 1 aromatic carbocycles. The maximum absolute atomic E-state index is 3.53. The molecule has 1 nitrogen and oxygen atoms in total. The first-order valence-corrected chi connectivity index (χ1v) is 7.50. The number of rotatable bonds is 4. The standard InChI is InChI=1S/C17H25N/c1-12-4-3-5-15(8-12)17(18-2)11-16-10-13-6-7-14(16)9-13/h3-5,8,13-14,16-18H,6-7,9-11H2,1-2H3. The van der Waals surface area contributed by atoms with Gasteiger partial charge in [-0.15, -0.1) is 0 Å². The number of nitrogens with one attached hydrogen (secondary N) is 1. The molecule has 2 aliphatic carbocycles. The van der Waals surface area contributed by atoms with Gasteiger partial charge in [0.15, 0.2) is 0 Å². The maximum atomic E-state index is 3.53. The van der Waals surface area contributed by atoms with Crippen LogP contribution in [0.15, 0.2) is 24.3 Å². The number of aryl methyl sites for hydroxylation is 1. The van der Waals surface area contributed by atoms with Crippen LogP contribution in [-0.2, 0) is 0 Å². The average Bonchev–Trinajstić information content (AvgIpc) is 2.98. The Morgan fingerprint density at radius 3 is 2.78 bits per heavy atom. The van der Waals surface area contributed by atoms with Crippen LogP contribution in [0, 0.1) is 24.7 Å². The first-order valence-electron chi connectivity index (χ1n) is 7.50. The zero-order chi connectivity index (χ0) is 12.5. The molecule has 0 aromatic heterocycles. The molecule has 0 spiro atoms. The smallest absolute Gasteiger partial charge is 0.0320 e. The molecule has 4 unspecified atom stereocenters. The van der Waals surface area contributed by atoms with Gasteiger partial charge in [0, 0.05) is 6.04 Å². The molecule has 1 heteroatoms. The molecule has 0 aliphatic heterocycles. The lowest BCUT2D eigenvalue weighted by Gasteiger charge is -2.27. The molecule has 0 radical (unpaired) electrons. The summed E-state index contributed by atoms with van der Waals surface area (Å²) in [6.45, 7) is 2.19. The zero-order valence-corrected chi connectivity index (χ0v) is 11.7. The van der Waals surface area contributed by atoms with E-state index in [1.807, 2.05) is 0 Å². The van der Waals surface area contributed by atoms with E-state index in [2.05, 4.69) is 43.6 Å². The molecule has 4 atom stereocenters. The van der Waals surface area contributed by atoms with Gasteiger partial charge in [-0.3, -0.25) is 0 Å². The van der Waals surface area contributed by atoms with Crippen LogP contribution in [0.1, 0.15) is 49.3 Å². The molecule has 3 rings (SSSR count). The van der Waals surface area contributed by atoms with Crippen LogP contribution in [0.25, 0.3) is 0 Å². The van der Waals surface area contributed by atoms with Crippen molar-refractivity contribution in [1.29, 1.82) is 0 Å². The van der Waals surface area contributed by atoms with Gasteiger partial charge >= 0.3 is 0 Å². The summed E-state index contributed by atoms with van der Waals surface area (Å²) in [6.07, 6.45) is 7.36. The quantitative estimate of drug-likeness (QED) is 0.840. The van der Waals surface area contributed by atoms with Crippen LogP contribution in [0.3, 0.4) is 0 Å². The Kier molecular flexibility index (Phi) is 3.43. The Balaban J connectivity index is 1.69. The zero-order valence-electron chi connectivity index (χ0n) is 11.7. The van der Waals surface area contributed by atoms with Crippen molar-refractivity contribution in [2.75, 3.05) is 7.05 Å². The molecule has 1 N–H and O–H groups in total. The van der Waals surface area contributed by atoms with E-state index in [-0.39, 0.29) is 0 Å². The van der Waals surface area contributed by atoms with E-state index in [0.717, 1.165) is 17.8 Å². The minimum atomic E-state index is 0.550. The van der Waals surface area contributed by atoms with Crippen LogP contribution >= 0.6 is 0 Å². The van der Waals surface area contributed by atoms with Crippen LogP contribution in [0.2, 0.25) is 0 Å². The minimum Gasteiger partial charge on any atom is -0.313 e. The van der Waals surface area contributed by atoms with Gasteiger partial charge in [-0.05, 0) is 63.0 Å². The van der Waals surface area contributed by atoms with Gasteiger partial charge in [-0.1, -0.05) is 36.2 Å². The fourth-order valence-electron chi connectivity index (χ4n) is 4.28. The van der Waals surface area contributed by atoms with E-state index in [0.29, 0.717) is 6.04 Å². The Labute approximate surface area is 111 Å². The van der Waals surface area contributed by atoms with Gasteiger partial charge in [0.2, 0.25) is 0 Å². The van der Waals surface area contributed by atoms with Crippen molar-refractivity contribution >= 4 is 0 Å². The number of hydrogen-bond acceptors (Lipinski definition) is 1. The van der Waals surface area contributed by atoms with E-state index in [1.165, 1.54) is 43.2 Å². The predicted octanol–water partition coefficient (Wildman–Crippen LogP) is 4.08. The van der Waals surface area contributed by atoms with Crippen molar-refractivity contribution in [3.05, 3.63) is 35.4 Å². The summed E-state index contributed by atoms with van der Waals surface area (Å²) < 4.78 is 0. The largest absolute Gasteiger partial charge is 0.313 e. The summed E-state index contributed by atoms with van der Waals surface area (Å²) in [7, 11) is 2.11. The molecule has 2 bridgehead atoms. The molecule has 1 aromatic rings. The third-order valence-corrected chi connectivity index (χ3v) is 5.22. The normalized spacial score (nSPS) is 31.8. The van der Waals surface area contributed by atoms with Gasteiger partial charge in [0.1, 0.15) is 0 Å². The van der Waals surface area contributed by atoms with Gasteiger partial charge < -0.3 is 5.32 Å². The minimum absolute atomic E-state index is 0.550. The first kappa shape index (κ1) is 12.2. The monoisotopic (exact) mass is 243 g/mol. The maximum Gasteiger partial charge on any atom is 0.0320 e. The van der Waals surface area contributed by atoms with Gasteiger partial charge in [0.05, 0.1) is 0 Å². The SMILES string of the molecule is CNC(CC1CC2CCC1C2)c1cccc(C)c1. The van der Waals surface area contributed by atoms with E-state index in [9.17, 15) is 0 Å². The Morgan fingerprint density at radius 1 is 1.28 bits per heavy atom. The Hall–Kier alpha value is -0.820. The summed E-state index contributed by atoms with van der Waals surface area (Å²) >= 11 is 0. The van der Waals surface area contributed by atoms with E-state index in [4.69, 9.17) is 0 Å². The van der Waals surface area contributed by atoms with Crippen molar-refractivity contribution < 1.29 is 0 Å². The molecule has 98 valence electrons. The molecule has 18 heavy (non-hydrogen) atoms. The highest BCUT2D eigenvalue weighted by atomic mass is 14.9. The van der Waals surface area contributed by atoms with E-state index < -0.39 is 0 Å². The molecular weight excluding hydrogens is 218 g/mol. The van der Waals surface area contributed by atoms with Gasteiger partial charge in [-0.2, -0.15) is 0 Å². The van der Waals surface area contributed by atoms with Crippen molar-refractivity contribution in [2.45, 2.75) is 45.1 Å². The second kappa shape index (κ2) is 5.05. The molecule has 2 fully saturated rings. The van der Waals surface area contributed by atoms with Crippen molar-refractivity contribution in [3.8, 4) is 0 Å². The molecule has 2 aliphatic rings. The van der Waals surface area contributed by atoms with E-state index >= 15 is 0 Å². The number of hydrogen-bond donors (Lipinski definition) is 1. The van der Waals surface area contributed by atoms with Crippen LogP contribution in [0.5, 0.6) is 0 Å². The average molecular weight is 243 g/mol. The molecule has 2 saturated carbocycles. The lowest BCUT2D eigenvalue weighted by Crippen LogP contribution is -2.22. The second-order valence-electron chi connectivity index (χ2n) is 6.43. The van der Waals surface area contributed by atoms with Crippen LogP contribution in [0.4, 0.5) is 0 Å². The summed E-state index contributed by atoms with van der Waals surface area (Å²) in [4.78, 5) is 0. The van der Waals surface area contributed by atoms with Crippen molar-refractivity contribution in [2.24, 2.45) is 17.8 Å². The number of benzene rings is 1. The lowest BCUT2D eigenvalue weighted by molar-refractivity contribution is 0.284. The summed E-state index contributed by atoms with van der Waals surface area (Å²) in [5.41, 5.74) is 2.85. The summed E-state index contributed by atoms with van der Waals surface area (Å²) in [5, 5.41) is 3.53. The molecule has 0 heterocycles. The highest BCUT2D eigenvalue weighted by molar-refractivity contribution is 5.25. The van der Waals surface area contributed by atoms with Crippen molar-refractivity contribution in [1.82, 2.24) is 5.32 Å². The van der Waals surface area contributed by atoms with Gasteiger partial charge in [0.25, 0.3) is 0 Å². The fourth-order valence-corrected chi connectivity index (χ4v) is 4.28. The fraction of sp³-hybridized carbons (Fsp3) is 0.647. The lowest BCUT2D eigenvalue weighted by atomic mass is 9.82. The molecule has 0 amide bonds. The predicted molar refractivity (Wildman–Crippen MR) is 76.5 cm³/mol. The molecular formula is C17H25N. The van der Waals surface area contributed by atoms with Gasteiger partial charge in [-0.25, -0.2) is 0 Å². The topological polar surface area (TPSA) is 12.0 Å². The van der Waals surface area contributed by atoms with Crippen LogP contribution < -0.4 is 5.32 Å². The number of fused-ring (bicyclic) bond motifs is 2. The Bertz CT molecular complexity index is 412.